The molecule has 0 aromatic carbocycles. The van der Waals surface area contributed by atoms with Gasteiger partial charge in [0.15, 0.2) is 0 Å². The molecule has 6 heteroatoms. The molecule has 0 radical (unpaired) electrons. The zero-order chi connectivity index (χ0) is 14.9. The van der Waals surface area contributed by atoms with Crippen molar-refractivity contribution in [1.82, 2.24) is 14.9 Å². The number of halogens is 1. The van der Waals surface area contributed by atoms with Crippen molar-refractivity contribution in [2.45, 2.75) is 45.6 Å². The molecule has 1 amide bonds. The second-order valence-corrected chi connectivity index (χ2v) is 5.70. The fourth-order valence-corrected chi connectivity index (χ4v) is 2.10. The molecule has 0 spiro atoms. The summed E-state index contributed by atoms with van der Waals surface area (Å²) in [5.41, 5.74) is 0.787. The molecule has 20 heavy (non-hydrogen) atoms. The van der Waals surface area contributed by atoms with E-state index in [1.165, 1.54) is 0 Å². The van der Waals surface area contributed by atoms with Crippen molar-refractivity contribution in [3.63, 3.8) is 0 Å². The van der Waals surface area contributed by atoms with Crippen LogP contribution in [0.5, 0.6) is 0 Å². The first-order valence-corrected chi connectivity index (χ1v) is 7.37. The van der Waals surface area contributed by atoms with Gasteiger partial charge in [-0.25, -0.2) is 9.97 Å². The van der Waals surface area contributed by atoms with Crippen LogP contribution < -0.4 is 5.32 Å². The maximum absolute atomic E-state index is 12.1. The van der Waals surface area contributed by atoms with Gasteiger partial charge in [-0.05, 0) is 33.6 Å². The Morgan fingerprint density at radius 2 is 2.15 bits per heavy atom. The standard InChI is InChI=1S/C14H21ClN4O/c1-5-19(4)14(20)9(3)16-12-8(2)11(15)17-13(18-12)10-6-7-10/h9-10H,5-7H2,1-4H3,(H,16,17,18). The number of amides is 1. The van der Waals surface area contributed by atoms with Crippen molar-refractivity contribution in [2.75, 3.05) is 18.9 Å². The molecule has 1 aliphatic carbocycles. The zero-order valence-electron chi connectivity index (χ0n) is 12.4. The van der Waals surface area contributed by atoms with Gasteiger partial charge in [0.1, 0.15) is 22.8 Å². The van der Waals surface area contributed by atoms with Crippen LogP contribution in [0.2, 0.25) is 5.15 Å². The topological polar surface area (TPSA) is 58.1 Å². The van der Waals surface area contributed by atoms with E-state index in [0.717, 1.165) is 24.2 Å². The van der Waals surface area contributed by atoms with Crippen molar-refractivity contribution >= 4 is 23.3 Å². The van der Waals surface area contributed by atoms with Crippen LogP contribution in [-0.4, -0.2) is 40.4 Å². The lowest BCUT2D eigenvalue weighted by molar-refractivity contribution is -0.130. The number of likely N-dealkylation sites (N-methyl/N-ethyl adjacent to an activating group) is 1. The Bertz CT molecular complexity index is 516. The minimum Gasteiger partial charge on any atom is -0.358 e. The van der Waals surface area contributed by atoms with Crippen molar-refractivity contribution < 1.29 is 4.79 Å². The lowest BCUT2D eigenvalue weighted by Crippen LogP contribution is -2.39. The fraction of sp³-hybridized carbons (Fsp3) is 0.643. The van der Waals surface area contributed by atoms with Crippen LogP contribution in [0.1, 0.15) is 44.0 Å². The fourth-order valence-electron chi connectivity index (χ4n) is 1.92. The molecule has 2 rings (SSSR count). The third-order valence-corrected chi connectivity index (χ3v) is 3.99. The number of carbonyl (C=O) groups excluding carboxylic acids is 1. The summed E-state index contributed by atoms with van der Waals surface area (Å²) in [6.45, 7) is 6.33. The van der Waals surface area contributed by atoms with Crippen LogP contribution in [0, 0.1) is 6.92 Å². The first-order chi connectivity index (χ1) is 9.43. The second-order valence-electron chi connectivity index (χ2n) is 5.34. The minimum atomic E-state index is -0.336. The van der Waals surface area contributed by atoms with Crippen LogP contribution in [0.15, 0.2) is 0 Å². The first-order valence-electron chi connectivity index (χ1n) is 6.99. The van der Waals surface area contributed by atoms with E-state index in [0.29, 0.717) is 23.4 Å². The number of hydrogen-bond donors (Lipinski definition) is 1. The van der Waals surface area contributed by atoms with Crippen molar-refractivity contribution in [1.29, 1.82) is 0 Å². The van der Waals surface area contributed by atoms with E-state index < -0.39 is 0 Å². The van der Waals surface area contributed by atoms with Crippen LogP contribution in [-0.2, 0) is 4.79 Å². The van der Waals surface area contributed by atoms with E-state index in [4.69, 9.17) is 11.6 Å². The van der Waals surface area contributed by atoms with E-state index in [9.17, 15) is 4.79 Å². The summed E-state index contributed by atoms with van der Waals surface area (Å²) in [4.78, 5) is 22.6. The van der Waals surface area contributed by atoms with Gasteiger partial charge >= 0.3 is 0 Å². The van der Waals surface area contributed by atoms with Crippen LogP contribution in [0.3, 0.4) is 0 Å². The molecule has 0 aliphatic heterocycles. The Kier molecular flexibility index (Phi) is 4.48. The average molecular weight is 297 g/mol. The highest BCUT2D eigenvalue weighted by atomic mass is 35.5. The molecule has 1 fully saturated rings. The Balaban J connectivity index is 2.17. The maximum atomic E-state index is 12.1. The lowest BCUT2D eigenvalue weighted by atomic mass is 10.2. The first kappa shape index (κ1) is 15.0. The molecule has 1 saturated carbocycles. The third-order valence-electron chi connectivity index (χ3n) is 3.62. The number of rotatable bonds is 5. The second kappa shape index (κ2) is 5.95. The molecule has 1 unspecified atom stereocenters. The number of aromatic nitrogens is 2. The van der Waals surface area contributed by atoms with Crippen molar-refractivity contribution in [2.24, 2.45) is 0 Å². The van der Waals surface area contributed by atoms with Crippen LogP contribution in [0.25, 0.3) is 0 Å². The lowest BCUT2D eigenvalue weighted by Gasteiger charge is -2.22. The van der Waals surface area contributed by atoms with Crippen molar-refractivity contribution in [3.8, 4) is 0 Å². The van der Waals surface area contributed by atoms with Gasteiger partial charge in [-0.2, -0.15) is 0 Å². The third kappa shape index (κ3) is 3.20. The van der Waals surface area contributed by atoms with E-state index in [1.807, 2.05) is 20.8 Å². The van der Waals surface area contributed by atoms with Crippen LogP contribution in [0.4, 0.5) is 5.82 Å². The quantitative estimate of drug-likeness (QED) is 0.849. The van der Waals surface area contributed by atoms with Crippen LogP contribution >= 0.6 is 11.6 Å². The highest BCUT2D eigenvalue weighted by Crippen LogP contribution is 2.39. The predicted molar refractivity (Wildman–Crippen MR) is 80.1 cm³/mol. The highest BCUT2D eigenvalue weighted by molar-refractivity contribution is 6.30. The molecule has 110 valence electrons. The van der Waals surface area contributed by atoms with Crippen molar-refractivity contribution in [3.05, 3.63) is 16.5 Å². The Labute approximate surface area is 124 Å². The molecular weight excluding hydrogens is 276 g/mol. The SMILES string of the molecule is CCN(C)C(=O)C(C)Nc1nc(C2CC2)nc(Cl)c1C. The molecule has 1 atom stereocenters. The molecule has 5 nitrogen and oxygen atoms in total. The molecule has 1 N–H and O–H groups in total. The average Bonchev–Trinajstić information content (AvgIpc) is 3.26. The summed E-state index contributed by atoms with van der Waals surface area (Å²) < 4.78 is 0. The molecule has 1 aliphatic rings. The summed E-state index contributed by atoms with van der Waals surface area (Å²) in [7, 11) is 1.79. The van der Waals surface area contributed by atoms with E-state index in [1.54, 1.807) is 11.9 Å². The number of anilines is 1. The molecule has 1 aromatic heterocycles. The number of hydrogen-bond acceptors (Lipinski definition) is 4. The summed E-state index contributed by atoms with van der Waals surface area (Å²) in [5.74, 6) is 1.91. The number of nitrogens with zero attached hydrogens (tertiary/aromatic N) is 3. The smallest absolute Gasteiger partial charge is 0.244 e. The zero-order valence-corrected chi connectivity index (χ0v) is 13.2. The number of nitrogens with one attached hydrogen (secondary N) is 1. The van der Waals surface area contributed by atoms with Gasteiger partial charge in [0, 0.05) is 25.1 Å². The Morgan fingerprint density at radius 1 is 1.50 bits per heavy atom. The summed E-state index contributed by atoms with van der Waals surface area (Å²) >= 11 is 6.16. The molecule has 1 aromatic rings. The van der Waals surface area contributed by atoms with Gasteiger partial charge in [-0.15, -0.1) is 0 Å². The van der Waals surface area contributed by atoms with E-state index in [-0.39, 0.29) is 11.9 Å². The summed E-state index contributed by atoms with van der Waals surface area (Å²) in [6, 6.07) is -0.336. The minimum absolute atomic E-state index is 0.0367. The molecule has 0 saturated heterocycles. The molecular formula is C14H21ClN4O. The normalized spacial score (nSPS) is 15.8. The Hall–Kier alpha value is -1.36. The highest BCUT2D eigenvalue weighted by Gasteiger charge is 2.28. The van der Waals surface area contributed by atoms with Gasteiger partial charge in [-0.3, -0.25) is 4.79 Å². The number of carbonyl (C=O) groups is 1. The van der Waals surface area contributed by atoms with E-state index >= 15 is 0 Å². The summed E-state index contributed by atoms with van der Waals surface area (Å²) in [5, 5.41) is 3.63. The van der Waals surface area contributed by atoms with Gasteiger partial charge in [0.05, 0.1) is 0 Å². The predicted octanol–water partition coefficient (Wildman–Crippen LogP) is 2.59. The largest absolute Gasteiger partial charge is 0.358 e. The maximum Gasteiger partial charge on any atom is 0.244 e. The molecule has 1 heterocycles. The van der Waals surface area contributed by atoms with Gasteiger partial charge in [-0.1, -0.05) is 11.6 Å². The molecule has 0 bridgehead atoms. The van der Waals surface area contributed by atoms with Gasteiger partial charge in [0.2, 0.25) is 5.91 Å². The summed E-state index contributed by atoms with van der Waals surface area (Å²) in [6.07, 6.45) is 2.23. The monoisotopic (exact) mass is 296 g/mol. The Morgan fingerprint density at radius 3 is 2.70 bits per heavy atom. The van der Waals surface area contributed by atoms with E-state index in [2.05, 4.69) is 15.3 Å². The van der Waals surface area contributed by atoms with Gasteiger partial charge in [0.25, 0.3) is 0 Å². The van der Waals surface area contributed by atoms with Gasteiger partial charge < -0.3 is 10.2 Å².